The summed E-state index contributed by atoms with van der Waals surface area (Å²) in [6.07, 6.45) is 1.36. The number of carboxylic acids is 1. The lowest BCUT2D eigenvalue weighted by atomic mass is 9.85. The second-order valence-electron chi connectivity index (χ2n) is 6.12. The molecule has 0 heterocycles. The summed E-state index contributed by atoms with van der Waals surface area (Å²) in [5, 5.41) is 22.8. The SMILES string of the molecule is CCSc1ccc([N+](=O)[O-])cc1C(=O)NC1CC(N(CC)CC(=O)O)C1. The van der Waals surface area contributed by atoms with E-state index in [1.54, 1.807) is 6.07 Å². The number of nitro groups is 1. The summed E-state index contributed by atoms with van der Waals surface area (Å²) < 4.78 is 0. The summed E-state index contributed by atoms with van der Waals surface area (Å²) >= 11 is 1.46. The molecular weight excluding hydrogens is 358 g/mol. The van der Waals surface area contributed by atoms with E-state index in [1.165, 1.54) is 23.9 Å². The molecule has 1 aliphatic rings. The average Bonchev–Trinajstić information content (AvgIpc) is 2.56. The molecule has 1 aliphatic carbocycles. The van der Waals surface area contributed by atoms with Gasteiger partial charge in [0, 0.05) is 29.1 Å². The van der Waals surface area contributed by atoms with E-state index in [0.717, 1.165) is 5.75 Å². The van der Waals surface area contributed by atoms with Crippen molar-refractivity contribution in [3.05, 3.63) is 33.9 Å². The number of likely N-dealkylation sites (N-methyl/N-ethyl adjacent to an activating group) is 1. The molecule has 1 saturated carbocycles. The highest BCUT2D eigenvalue weighted by atomic mass is 32.2. The molecule has 1 aromatic rings. The maximum Gasteiger partial charge on any atom is 0.317 e. The molecule has 0 spiro atoms. The normalized spacial score (nSPS) is 19.0. The number of hydrogen-bond acceptors (Lipinski definition) is 6. The van der Waals surface area contributed by atoms with Gasteiger partial charge in [-0.2, -0.15) is 0 Å². The van der Waals surface area contributed by atoms with Crippen LogP contribution in [0.1, 0.15) is 37.0 Å². The molecule has 2 rings (SSSR count). The monoisotopic (exact) mass is 381 g/mol. The van der Waals surface area contributed by atoms with Crippen LogP contribution in [0.3, 0.4) is 0 Å². The first-order valence-electron chi connectivity index (χ1n) is 8.53. The first-order chi connectivity index (χ1) is 12.3. The topological polar surface area (TPSA) is 113 Å². The Bertz CT molecular complexity index is 691. The molecule has 0 aliphatic heterocycles. The van der Waals surface area contributed by atoms with Gasteiger partial charge in [0.2, 0.25) is 0 Å². The van der Waals surface area contributed by atoms with E-state index in [4.69, 9.17) is 5.11 Å². The van der Waals surface area contributed by atoms with Crippen molar-refractivity contribution in [1.82, 2.24) is 10.2 Å². The van der Waals surface area contributed by atoms with Gasteiger partial charge in [0.15, 0.2) is 0 Å². The third-order valence-corrected chi connectivity index (χ3v) is 5.38. The quantitative estimate of drug-likeness (QED) is 0.383. The van der Waals surface area contributed by atoms with E-state index < -0.39 is 10.9 Å². The van der Waals surface area contributed by atoms with E-state index in [-0.39, 0.29) is 30.2 Å². The molecule has 0 bridgehead atoms. The predicted molar refractivity (Wildman–Crippen MR) is 98.7 cm³/mol. The van der Waals surface area contributed by atoms with Gasteiger partial charge in [-0.15, -0.1) is 11.8 Å². The summed E-state index contributed by atoms with van der Waals surface area (Å²) in [5.74, 6) is -0.434. The Hall–Kier alpha value is -2.13. The van der Waals surface area contributed by atoms with Gasteiger partial charge in [-0.3, -0.25) is 24.6 Å². The maximum absolute atomic E-state index is 12.6. The Labute approximate surface area is 156 Å². The van der Waals surface area contributed by atoms with Gasteiger partial charge in [0.25, 0.3) is 11.6 Å². The zero-order chi connectivity index (χ0) is 19.3. The molecule has 8 nitrogen and oxygen atoms in total. The number of rotatable bonds is 9. The van der Waals surface area contributed by atoms with Crippen molar-refractivity contribution in [1.29, 1.82) is 0 Å². The molecule has 0 atom stereocenters. The molecule has 1 aromatic carbocycles. The Morgan fingerprint density at radius 2 is 2.08 bits per heavy atom. The Morgan fingerprint density at radius 3 is 2.62 bits per heavy atom. The minimum absolute atomic E-state index is 0.00992. The largest absolute Gasteiger partial charge is 0.480 e. The molecule has 0 saturated heterocycles. The highest BCUT2D eigenvalue weighted by Gasteiger charge is 2.35. The number of thioether (sulfide) groups is 1. The van der Waals surface area contributed by atoms with Crippen molar-refractivity contribution in [2.24, 2.45) is 0 Å². The first-order valence-corrected chi connectivity index (χ1v) is 9.52. The zero-order valence-electron chi connectivity index (χ0n) is 14.8. The number of aliphatic carboxylic acids is 1. The number of nitro benzene ring substituents is 1. The van der Waals surface area contributed by atoms with Crippen molar-refractivity contribution < 1.29 is 19.6 Å². The van der Waals surface area contributed by atoms with Crippen molar-refractivity contribution in [2.45, 2.75) is 43.7 Å². The summed E-state index contributed by atoms with van der Waals surface area (Å²) in [7, 11) is 0. The molecule has 0 unspecified atom stereocenters. The average molecular weight is 381 g/mol. The number of carbonyl (C=O) groups excluding carboxylic acids is 1. The number of benzene rings is 1. The zero-order valence-corrected chi connectivity index (χ0v) is 15.6. The van der Waals surface area contributed by atoms with Crippen molar-refractivity contribution in [3.8, 4) is 0 Å². The molecule has 2 N–H and O–H groups in total. The van der Waals surface area contributed by atoms with Crippen LogP contribution in [-0.4, -0.2) is 57.7 Å². The molecule has 9 heteroatoms. The van der Waals surface area contributed by atoms with Crippen molar-refractivity contribution >= 4 is 29.3 Å². The lowest BCUT2D eigenvalue weighted by Crippen LogP contribution is -2.54. The highest BCUT2D eigenvalue weighted by Crippen LogP contribution is 2.29. The second-order valence-corrected chi connectivity index (χ2v) is 7.43. The molecule has 0 radical (unpaired) electrons. The van der Waals surface area contributed by atoms with Crippen LogP contribution in [0.5, 0.6) is 0 Å². The fourth-order valence-electron chi connectivity index (χ4n) is 3.03. The van der Waals surface area contributed by atoms with Crippen molar-refractivity contribution in [3.63, 3.8) is 0 Å². The third-order valence-electron chi connectivity index (χ3n) is 4.43. The minimum atomic E-state index is -0.864. The van der Waals surface area contributed by atoms with Crippen LogP contribution in [-0.2, 0) is 4.79 Å². The van der Waals surface area contributed by atoms with Crippen LogP contribution in [0.2, 0.25) is 0 Å². The molecular formula is C17H23N3O5S. The first kappa shape index (κ1) is 20.2. The molecule has 1 amide bonds. The fraction of sp³-hybridized carbons (Fsp3) is 0.529. The predicted octanol–water partition coefficient (Wildman–Crippen LogP) is 2.37. The van der Waals surface area contributed by atoms with Gasteiger partial charge in [-0.1, -0.05) is 13.8 Å². The lowest BCUT2D eigenvalue weighted by Gasteiger charge is -2.42. The van der Waals surface area contributed by atoms with Crippen LogP contribution in [0.25, 0.3) is 0 Å². The van der Waals surface area contributed by atoms with Gasteiger partial charge >= 0.3 is 5.97 Å². The number of hydrogen-bond donors (Lipinski definition) is 2. The second kappa shape index (κ2) is 9.00. The third kappa shape index (κ3) is 4.95. The summed E-state index contributed by atoms with van der Waals surface area (Å²) in [6.45, 7) is 4.49. The number of amides is 1. The fourth-order valence-corrected chi connectivity index (χ4v) is 3.81. The number of carbonyl (C=O) groups is 2. The van der Waals surface area contributed by atoms with Crippen LogP contribution < -0.4 is 5.32 Å². The van der Waals surface area contributed by atoms with E-state index >= 15 is 0 Å². The van der Waals surface area contributed by atoms with Gasteiger partial charge in [0.05, 0.1) is 17.0 Å². The number of non-ortho nitro benzene ring substituents is 1. The number of nitrogens with one attached hydrogen (secondary N) is 1. The number of carboxylic acid groups (broad SMARTS) is 1. The Morgan fingerprint density at radius 1 is 1.38 bits per heavy atom. The molecule has 26 heavy (non-hydrogen) atoms. The van der Waals surface area contributed by atoms with Gasteiger partial charge in [-0.05, 0) is 31.2 Å². The summed E-state index contributed by atoms with van der Waals surface area (Å²) in [4.78, 5) is 36.5. The van der Waals surface area contributed by atoms with Gasteiger partial charge in [-0.25, -0.2) is 0 Å². The van der Waals surface area contributed by atoms with Gasteiger partial charge < -0.3 is 10.4 Å². The van der Waals surface area contributed by atoms with Gasteiger partial charge in [0.1, 0.15) is 0 Å². The smallest absolute Gasteiger partial charge is 0.317 e. The van der Waals surface area contributed by atoms with E-state index in [2.05, 4.69) is 5.32 Å². The Balaban J connectivity index is 2.01. The highest BCUT2D eigenvalue weighted by molar-refractivity contribution is 7.99. The van der Waals surface area contributed by atoms with Crippen LogP contribution >= 0.6 is 11.8 Å². The van der Waals surface area contributed by atoms with E-state index in [1.807, 2.05) is 18.7 Å². The molecule has 1 fully saturated rings. The Kier molecular flexibility index (Phi) is 6.98. The standard InChI is InChI=1S/C17H23N3O5S/c1-3-19(10-16(21)22)13-7-11(8-13)18-17(23)14-9-12(20(24)25)5-6-15(14)26-4-2/h5-6,9,11,13H,3-4,7-8,10H2,1-2H3,(H,18,23)(H,21,22). The lowest BCUT2D eigenvalue weighted by molar-refractivity contribution is -0.384. The van der Waals surface area contributed by atoms with Crippen LogP contribution in [0.4, 0.5) is 5.69 Å². The van der Waals surface area contributed by atoms with Crippen LogP contribution in [0.15, 0.2) is 23.1 Å². The number of nitrogens with zero attached hydrogens (tertiary/aromatic N) is 2. The maximum atomic E-state index is 12.6. The van der Waals surface area contributed by atoms with Crippen LogP contribution in [0, 0.1) is 10.1 Å². The summed E-state index contributed by atoms with van der Waals surface area (Å²) in [6, 6.07) is 4.41. The molecule has 142 valence electrons. The van der Waals surface area contributed by atoms with E-state index in [0.29, 0.717) is 29.8 Å². The summed E-state index contributed by atoms with van der Waals surface area (Å²) in [5.41, 5.74) is 0.202. The van der Waals surface area contributed by atoms with E-state index in [9.17, 15) is 19.7 Å². The molecule has 0 aromatic heterocycles. The minimum Gasteiger partial charge on any atom is -0.480 e. The van der Waals surface area contributed by atoms with Crippen molar-refractivity contribution in [2.75, 3.05) is 18.8 Å².